The molecule has 0 atom stereocenters. The van der Waals surface area contributed by atoms with Crippen molar-refractivity contribution in [3.05, 3.63) is 40.9 Å². The molecule has 0 spiro atoms. The smallest absolute Gasteiger partial charge is 0.303 e. The van der Waals surface area contributed by atoms with Crippen LogP contribution in [-0.2, 0) is 11.2 Å². The number of benzene rings is 1. The average Bonchev–Trinajstić information content (AvgIpc) is 2.93. The minimum Gasteiger partial charge on any atom is -0.481 e. The van der Waals surface area contributed by atoms with E-state index in [-0.39, 0.29) is 6.42 Å². The molecule has 5 nitrogen and oxygen atoms in total. The van der Waals surface area contributed by atoms with Crippen molar-refractivity contribution >= 4 is 28.1 Å². The van der Waals surface area contributed by atoms with Gasteiger partial charge in [-0.2, -0.15) is 5.26 Å². The number of nitrogens with zero attached hydrogens (tertiary/aromatic N) is 3. The Hall–Kier alpha value is -2.39. The predicted molar refractivity (Wildman–Crippen MR) is 77.3 cm³/mol. The van der Waals surface area contributed by atoms with Crippen LogP contribution >= 0.6 is 11.3 Å². The van der Waals surface area contributed by atoms with Crippen molar-refractivity contribution in [2.75, 3.05) is 11.9 Å². The fraction of sp³-hybridized carbons (Fsp3) is 0.214. The molecule has 1 aromatic heterocycles. The van der Waals surface area contributed by atoms with Gasteiger partial charge in [-0.05, 0) is 18.2 Å². The number of nitriles is 1. The molecular formula is C14H13N3O2S. The van der Waals surface area contributed by atoms with Crippen molar-refractivity contribution in [1.82, 2.24) is 4.98 Å². The van der Waals surface area contributed by atoms with Crippen LogP contribution in [0.1, 0.15) is 17.7 Å². The molecule has 0 aliphatic rings. The van der Waals surface area contributed by atoms with Crippen molar-refractivity contribution in [3.8, 4) is 6.07 Å². The molecular weight excluding hydrogens is 274 g/mol. The molecule has 0 amide bonds. The quantitative estimate of drug-likeness (QED) is 0.915. The summed E-state index contributed by atoms with van der Waals surface area (Å²) in [5.74, 6) is -0.824. The van der Waals surface area contributed by atoms with Crippen molar-refractivity contribution in [2.24, 2.45) is 0 Å². The van der Waals surface area contributed by atoms with E-state index in [1.165, 1.54) is 11.3 Å². The average molecular weight is 287 g/mol. The molecule has 0 saturated heterocycles. The van der Waals surface area contributed by atoms with Gasteiger partial charge in [-0.1, -0.05) is 6.07 Å². The van der Waals surface area contributed by atoms with Gasteiger partial charge in [0.05, 0.1) is 23.7 Å². The lowest BCUT2D eigenvalue weighted by molar-refractivity contribution is -0.136. The van der Waals surface area contributed by atoms with Gasteiger partial charge in [0.25, 0.3) is 0 Å². The highest BCUT2D eigenvalue weighted by Gasteiger charge is 2.10. The predicted octanol–water partition coefficient (Wildman–Crippen LogP) is 2.80. The molecule has 6 heteroatoms. The summed E-state index contributed by atoms with van der Waals surface area (Å²) in [6.07, 6.45) is 0.509. The van der Waals surface area contributed by atoms with Gasteiger partial charge in [0, 0.05) is 24.5 Å². The van der Waals surface area contributed by atoms with Gasteiger partial charge < -0.3 is 10.0 Å². The normalized spacial score (nSPS) is 10.0. The van der Waals surface area contributed by atoms with Crippen LogP contribution in [0.15, 0.2) is 29.6 Å². The highest BCUT2D eigenvalue weighted by atomic mass is 32.1. The van der Waals surface area contributed by atoms with E-state index in [0.717, 1.165) is 16.5 Å². The Morgan fingerprint density at radius 2 is 2.35 bits per heavy atom. The van der Waals surface area contributed by atoms with Gasteiger partial charge >= 0.3 is 5.97 Å². The Balaban J connectivity index is 2.14. The first-order valence-electron chi connectivity index (χ1n) is 6.00. The molecule has 0 radical (unpaired) electrons. The Bertz CT molecular complexity index is 660. The van der Waals surface area contributed by atoms with Gasteiger partial charge in [0.2, 0.25) is 0 Å². The van der Waals surface area contributed by atoms with Crippen LogP contribution in [-0.4, -0.2) is 23.1 Å². The molecule has 1 aromatic carbocycles. The molecule has 20 heavy (non-hydrogen) atoms. The first-order valence-corrected chi connectivity index (χ1v) is 6.88. The number of thiazole rings is 1. The van der Waals surface area contributed by atoms with Crippen molar-refractivity contribution < 1.29 is 9.90 Å². The fourth-order valence-corrected chi connectivity index (χ4v) is 2.54. The second kappa shape index (κ2) is 6.17. The van der Waals surface area contributed by atoms with Crippen LogP contribution in [0.5, 0.6) is 0 Å². The van der Waals surface area contributed by atoms with E-state index in [0.29, 0.717) is 12.0 Å². The van der Waals surface area contributed by atoms with Crippen LogP contribution in [0.2, 0.25) is 0 Å². The van der Waals surface area contributed by atoms with E-state index in [1.807, 2.05) is 29.5 Å². The topological polar surface area (TPSA) is 77.2 Å². The molecule has 0 fully saturated rings. The minimum absolute atomic E-state index is 0.0802. The van der Waals surface area contributed by atoms with Crippen LogP contribution in [0.3, 0.4) is 0 Å². The third-order valence-electron chi connectivity index (χ3n) is 2.78. The van der Waals surface area contributed by atoms with E-state index in [9.17, 15) is 4.79 Å². The molecule has 0 saturated carbocycles. The van der Waals surface area contributed by atoms with E-state index in [1.54, 1.807) is 12.1 Å². The van der Waals surface area contributed by atoms with E-state index in [4.69, 9.17) is 10.4 Å². The highest BCUT2D eigenvalue weighted by Crippen LogP contribution is 2.27. The lowest BCUT2D eigenvalue weighted by Crippen LogP contribution is -2.09. The number of aliphatic carboxylic acids is 1. The molecule has 2 aromatic rings. The maximum Gasteiger partial charge on any atom is 0.303 e. The zero-order valence-electron chi connectivity index (χ0n) is 10.9. The Kier molecular flexibility index (Phi) is 4.33. The standard InChI is InChI=1S/C14H13N3O2S/c1-17(12-4-2-3-10(7-12)8-15)14-16-11(9-20-14)5-6-13(18)19/h2-4,7,9H,5-6H2,1H3,(H,18,19). The first-order chi connectivity index (χ1) is 9.60. The van der Waals surface area contributed by atoms with Crippen molar-refractivity contribution in [2.45, 2.75) is 12.8 Å². The number of rotatable bonds is 5. The van der Waals surface area contributed by atoms with Crippen molar-refractivity contribution in [1.29, 1.82) is 5.26 Å². The Morgan fingerprint density at radius 3 is 3.05 bits per heavy atom. The summed E-state index contributed by atoms with van der Waals surface area (Å²) in [6.45, 7) is 0. The Labute approximate surface area is 120 Å². The zero-order valence-corrected chi connectivity index (χ0v) is 11.7. The van der Waals surface area contributed by atoms with Crippen molar-refractivity contribution in [3.63, 3.8) is 0 Å². The lowest BCUT2D eigenvalue weighted by Gasteiger charge is -2.15. The van der Waals surface area contributed by atoms with Gasteiger partial charge in [0.1, 0.15) is 0 Å². The first kappa shape index (κ1) is 14.0. The molecule has 0 aliphatic carbocycles. The summed E-state index contributed by atoms with van der Waals surface area (Å²) in [4.78, 5) is 16.8. The summed E-state index contributed by atoms with van der Waals surface area (Å²) < 4.78 is 0. The Morgan fingerprint density at radius 1 is 1.55 bits per heavy atom. The molecule has 1 heterocycles. The summed E-state index contributed by atoms with van der Waals surface area (Å²) >= 11 is 1.46. The van der Waals surface area contributed by atoms with Crippen LogP contribution in [0, 0.1) is 11.3 Å². The summed E-state index contributed by atoms with van der Waals surface area (Å²) in [5, 5.41) is 20.2. The van der Waals surface area contributed by atoms with Gasteiger partial charge in [0.15, 0.2) is 5.13 Å². The minimum atomic E-state index is -0.824. The summed E-state index contributed by atoms with van der Waals surface area (Å²) in [7, 11) is 1.87. The zero-order chi connectivity index (χ0) is 14.5. The monoisotopic (exact) mass is 287 g/mol. The third kappa shape index (κ3) is 3.33. The maximum atomic E-state index is 10.5. The largest absolute Gasteiger partial charge is 0.481 e. The number of carboxylic acids is 1. The summed E-state index contributed by atoms with van der Waals surface area (Å²) in [5.41, 5.74) is 2.25. The van der Waals surface area contributed by atoms with E-state index < -0.39 is 5.97 Å². The molecule has 0 bridgehead atoms. The number of hydrogen-bond acceptors (Lipinski definition) is 5. The lowest BCUT2D eigenvalue weighted by atomic mass is 10.2. The van der Waals surface area contributed by atoms with E-state index >= 15 is 0 Å². The number of hydrogen-bond donors (Lipinski definition) is 1. The van der Waals surface area contributed by atoms with Crippen LogP contribution in [0.4, 0.5) is 10.8 Å². The fourth-order valence-electron chi connectivity index (χ4n) is 1.69. The number of aryl methyl sites for hydroxylation is 1. The van der Waals surface area contributed by atoms with E-state index in [2.05, 4.69) is 11.1 Å². The van der Waals surface area contributed by atoms with Crippen LogP contribution < -0.4 is 4.90 Å². The van der Waals surface area contributed by atoms with Gasteiger partial charge in [-0.25, -0.2) is 4.98 Å². The molecule has 0 unspecified atom stereocenters. The second-order valence-corrected chi connectivity index (χ2v) is 5.07. The van der Waals surface area contributed by atoms with Gasteiger partial charge in [-0.3, -0.25) is 4.79 Å². The van der Waals surface area contributed by atoms with Gasteiger partial charge in [-0.15, -0.1) is 11.3 Å². The number of carboxylic acid groups (broad SMARTS) is 1. The number of aromatic nitrogens is 1. The highest BCUT2D eigenvalue weighted by molar-refractivity contribution is 7.13. The van der Waals surface area contributed by atoms with Crippen LogP contribution in [0.25, 0.3) is 0 Å². The third-order valence-corrected chi connectivity index (χ3v) is 3.75. The molecule has 2 rings (SSSR count). The molecule has 102 valence electrons. The number of carbonyl (C=O) groups is 1. The molecule has 0 aliphatic heterocycles. The SMILES string of the molecule is CN(c1cccc(C#N)c1)c1nc(CCC(=O)O)cs1. The second-order valence-electron chi connectivity index (χ2n) is 4.24. The molecule has 1 N–H and O–H groups in total. The number of anilines is 2. The maximum absolute atomic E-state index is 10.5. The summed E-state index contributed by atoms with van der Waals surface area (Å²) in [6, 6.07) is 9.36.